The van der Waals surface area contributed by atoms with Gasteiger partial charge in [-0.1, -0.05) is 12.1 Å². The highest BCUT2D eigenvalue weighted by molar-refractivity contribution is 7.92. The third-order valence-electron chi connectivity index (χ3n) is 4.24. The van der Waals surface area contributed by atoms with Gasteiger partial charge in [0, 0.05) is 5.54 Å². The molecule has 2 aliphatic heterocycles. The van der Waals surface area contributed by atoms with E-state index in [2.05, 4.69) is 12.2 Å². The summed E-state index contributed by atoms with van der Waals surface area (Å²) >= 11 is 0. The molecule has 2 fully saturated rings. The van der Waals surface area contributed by atoms with Crippen molar-refractivity contribution in [2.75, 3.05) is 19.8 Å². The van der Waals surface area contributed by atoms with Crippen molar-refractivity contribution in [3.8, 4) is 0 Å². The Bertz CT molecular complexity index is 555. The van der Waals surface area contributed by atoms with Gasteiger partial charge in [-0.15, -0.1) is 0 Å². The summed E-state index contributed by atoms with van der Waals surface area (Å²) in [5.74, 6) is 0. The van der Waals surface area contributed by atoms with Crippen LogP contribution in [0.4, 0.5) is 0 Å². The lowest BCUT2D eigenvalue weighted by molar-refractivity contribution is 0.0416. The Kier molecular flexibility index (Phi) is 3.15. The van der Waals surface area contributed by atoms with E-state index in [4.69, 9.17) is 4.74 Å². The first kappa shape index (κ1) is 13.1. The molecule has 0 spiro atoms. The van der Waals surface area contributed by atoms with Gasteiger partial charge >= 0.3 is 0 Å². The maximum atomic E-state index is 12.2. The largest absolute Gasteiger partial charge is 0.379 e. The molecule has 1 atom stereocenters. The van der Waals surface area contributed by atoms with Crippen LogP contribution in [0.1, 0.15) is 25.3 Å². The number of nitrogens with one attached hydrogen (secondary N) is 1. The van der Waals surface area contributed by atoms with E-state index in [9.17, 15) is 8.42 Å². The Morgan fingerprint density at radius 1 is 1.26 bits per heavy atom. The first-order valence-corrected chi connectivity index (χ1v) is 8.24. The second kappa shape index (κ2) is 4.58. The van der Waals surface area contributed by atoms with Gasteiger partial charge in [0.05, 0.1) is 18.1 Å². The van der Waals surface area contributed by atoms with Gasteiger partial charge < -0.3 is 10.1 Å². The first-order valence-electron chi connectivity index (χ1n) is 6.70. The van der Waals surface area contributed by atoms with Gasteiger partial charge in [-0.3, -0.25) is 0 Å². The van der Waals surface area contributed by atoms with E-state index >= 15 is 0 Å². The minimum Gasteiger partial charge on any atom is -0.379 e. The summed E-state index contributed by atoms with van der Waals surface area (Å²) in [6.07, 6.45) is 2.26. The predicted octanol–water partition coefficient (Wildman–Crippen LogP) is 1.46. The number of rotatable bonds is 3. The summed E-state index contributed by atoms with van der Waals surface area (Å²) in [7, 11) is -3.21. The average molecular weight is 281 g/mol. The van der Waals surface area contributed by atoms with Crippen molar-refractivity contribution in [2.45, 2.75) is 35.4 Å². The predicted molar refractivity (Wildman–Crippen MR) is 72.8 cm³/mol. The highest BCUT2D eigenvalue weighted by Gasteiger charge is 2.35. The summed E-state index contributed by atoms with van der Waals surface area (Å²) in [6, 6.07) is 7.33. The molecule has 2 aliphatic rings. The van der Waals surface area contributed by atoms with Crippen LogP contribution >= 0.6 is 0 Å². The Morgan fingerprint density at radius 3 is 2.42 bits per heavy atom. The molecule has 19 heavy (non-hydrogen) atoms. The Balaban J connectivity index is 1.86. The van der Waals surface area contributed by atoms with Crippen LogP contribution in [0.25, 0.3) is 0 Å². The molecule has 0 aromatic heterocycles. The molecular formula is C14H19NO3S. The molecule has 1 N–H and O–H groups in total. The number of hydrogen-bond acceptors (Lipinski definition) is 4. The van der Waals surface area contributed by atoms with Crippen LogP contribution in [0.15, 0.2) is 29.2 Å². The second-order valence-electron chi connectivity index (χ2n) is 5.59. The molecule has 104 valence electrons. The van der Waals surface area contributed by atoms with E-state index in [1.165, 1.54) is 0 Å². The summed E-state index contributed by atoms with van der Waals surface area (Å²) in [4.78, 5) is 0.408. The minimum absolute atomic E-state index is 0.0120. The zero-order chi connectivity index (χ0) is 13.5. The van der Waals surface area contributed by atoms with Gasteiger partial charge in [-0.05, 0) is 44.0 Å². The third-order valence-corrected chi connectivity index (χ3v) is 6.31. The maximum Gasteiger partial charge on any atom is 0.185 e. The van der Waals surface area contributed by atoms with Gasteiger partial charge in [0.25, 0.3) is 0 Å². The molecule has 0 radical (unpaired) electrons. The molecule has 5 heteroatoms. The molecule has 1 aromatic carbocycles. The highest BCUT2D eigenvalue weighted by Crippen LogP contribution is 2.31. The van der Waals surface area contributed by atoms with Crippen molar-refractivity contribution in [1.82, 2.24) is 5.32 Å². The van der Waals surface area contributed by atoms with Gasteiger partial charge in [0.15, 0.2) is 9.84 Å². The Labute approximate surface area is 114 Å². The number of ether oxygens (including phenoxy) is 1. The molecular weight excluding hydrogens is 262 g/mol. The zero-order valence-corrected chi connectivity index (χ0v) is 11.9. The first-order chi connectivity index (χ1) is 9.02. The van der Waals surface area contributed by atoms with Crippen molar-refractivity contribution >= 4 is 9.84 Å². The van der Waals surface area contributed by atoms with Gasteiger partial charge in [0.2, 0.25) is 0 Å². The summed E-state index contributed by atoms with van der Waals surface area (Å²) in [5.41, 5.74) is 1.15. The van der Waals surface area contributed by atoms with Crippen LogP contribution in [0, 0.1) is 0 Å². The smallest absolute Gasteiger partial charge is 0.185 e. The van der Waals surface area contributed by atoms with E-state index in [0.29, 0.717) is 18.1 Å². The molecule has 0 saturated carbocycles. The molecule has 4 nitrogen and oxygen atoms in total. The van der Waals surface area contributed by atoms with Crippen LogP contribution in [-0.4, -0.2) is 33.4 Å². The second-order valence-corrected chi connectivity index (χ2v) is 7.82. The van der Waals surface area contributed by atoms with E-state index in [1.807, 2.05) is 12.1 Å². The van der Waals surface area contributed by atoms with Crippen LogP contribution in [0.2, 0.25) is 0 Å². The van der Waals surface area contributed by atoms with Crippen molar-refractivity contribution in [3.63, 3.8) is 0 Å². The van der Waals surface area contributed by atoms with E-state index in [-0.39, 0.29) is 10.8 Å². The summed E-state index contributed by atoms with van der Waals surface area (Å²) in [5, 5.41) is 3.12. The van der Waals surface area contributed by atoms with E-state index in [1.54, 1.807) is 12.1 Å². The fourth-order valence-electron chi connectivity index (χ4n) is 2.74. The average Bonchev–Trinajstić information content (AvgIpc) is 2.75. The number of benzene rings is 1. The highest BCUT2D eigenvalue weighted by atomic mass is 32.2. The molecule has 0 aliphatic carbocycles. The van der Waals surface area contributed by atoms with Crippen molar-refractivity contribution in [1.29, 1.82) is 0 Å². The van der Waals surface area contributed by atoms with Gasteiger partial charge in [-0.2, -0.15) is 0 Å². The van der Waals surface area contributed by atoms with E-state index in [0.717, 1.165) is 24.9 Å². The molecule has 0 bridgehead atoms. The molecule has 3 rings (SSSR count). The Hall–Kier alpha value is -0.910. The lowest BCUT2D eigenvalue weighted by Crippen LogP contribution is -2.40. The molecule has 2 saturated heterocycles. The minimum atomic E-state index is -3.21. The molecule has 2 heterocycles. The fraction of sp³-hybridized carbons (Fsp3) is 0.571. The van der Waals surface area contributed by atoms with Crippen LogP contribution in [-0.2, 0) is 20.1 Å². The molecule has 1 unspecified atom stereocenters. The lowest BCUT2D eigenvalue weighted by atomic mass is 9.91. The normalized spacial score (nSPS) is 28.3. The van der Waals surface area contributed by atoms with E-state index < -0.39 is 9.84 Å². The summed E-state index contributed by atoms with van der Waals surface area (Å²) in [6.45, 7) is 3.84. The monoisotopic (exact) mass is 281 g/mol. The van der Waals surface area contributed by atoms with Crippen LogP contribution in [0.3, 0.4) is 0 Å². The lowest BCUT2D eigenvalue weighted by Gasteiger charge is -2.27. The maximum absolute atomic E-state index is 12.2. The van der Waals surface area contributed by atoms with Crippen molar-refractivity contribution in [2.24, 2.45) is 0 Å². The summed E-state index contributed by atoms with van der Waals surface area (Å²) < 4.78 is 29.4. The fourth-order valence-corrected chi connectivity index (χ4v) is 4.19. The third kappa shape index (κ3) is 2.20. The van der Waals surface area contributed by atoms with Crippen LogP contribution in [0.5, 0.6) is 0 Å². The van der Waals surface area contributed by atoms with Gasteiger partial charge in [0.1, 0.15) is 5.25 Å². The zero-order valence-electron chi connectivity index (χ0n) is 11.1. The Morgan fingerprint density at radius 2 is 1.95 bits per heavy atom. The number of hydrogen-bond donors (Lipinski definition) is 1. The molecule has 0 amide bonds. The standard InChI is InChI=1S/C14H19NO3S/c1-14(7-2-8-15-14)11-3-5-12(6-4-11)19(16,17)13-9-18-10-13/h3-6,13,15H,2,7-10H2,1H3. The van der Waals surface area contributed by atoms with Crippen LogP contribution < -0.4 is 5.32 Å². The van der Waals surface area contributed by atoms with Crippen molar-refractivity contribution in [3.05, 3.63) is 29.8 Å². The van der Waals surface area contributed by atoms with Gasteiger partial charge in [-0.25, -0.2) is 8.42 Å². The SMILES string of the molecule is CC1(c2ccc(S(=O)(=O)C3COC3)cc2)CCCN1. The van der Waals surface area contributed by atoms with Crippen molar-refractivity contribution < 1.29 is 13.2 Å². The molecule has 1 aromatic rings. The topological polar surface area (TPSA) is 55.4 Å². The number of sulfone groups is 1. The quantitative estimate of drug-likeness (QED) is 0.911.